The van der Waals surface area contributed by atoms with Gasteiger partial charge in [0.1, 0.15) is 0 Å². The molecule has 0 radical (unpaired) electrons. The van der Waals surface area contributed by atoms with Crippen molar-refractivity contribution in [1.29, 1.82) is 0 Å². The first kappa shape index (κ1) is 14.5. The van der Waals surface area contributed by atoms with E-state index in [1.165, 1.54) is 0 Å². The molecular formula is C4H12I2N2OPt. The van der Waals surface area contributed by atoms with Crippen LogP contribution in [0.4, 0.5) is 0 Å². The second kappa shape index (κ2) is 13.6. The SMILES string of the molecule is C1COCCN1.N.[I][Pt][I]. The quantitative estimate of drug-likeness (QED) is 0.448. The summed E-state index contributed by atoms with van der Waals surface area (Å²) in [4.78, 5) is 0. The van der Waals surface area contributed by atoms with Gasteiger partial charge < -0.3 is 16.2 Å². The molecule has 1 fully saturated rings. The van der Waals surface area contributed by atoms with E-state index >= 15 is 0 Å². The van der Waals surface area contributed by atoms with Crippen molar-refractivity contribution >= 4 is 38.7 Å². The van der Waals surface area contributed by atoms with Gasteiger partial charge in [-0.1, -0.05) is 0 Å². The van der Waals surface area contributed by atoms with Crippen molar-refractivity contribution < 1.29 is 15.9 Å². The Balaban J connectivity index is 0. The van der Waals surface area contributed by atoms with E-state index in [1.54, 1.807) is 0 Å². The van der Waals surface area contributed by atoms with Gasteiger partial charge in [-0.25, -0.2) is 0 Å². The first-order valence-corrected chi connectivity index (χ1v) is 15.4. The van der Waals surface area contributed by atoms with E-state index in [4.69, 9.17) is 4.74 Å². The van der Waals surface area contributed by atoms with Gasteiger partial charge in [-0.15, -0.1) is 0 Å². The van der Waals surface area contributed by atoms with Crippen LogP contribution < -0.4 is 11.5 Å². The molecule has 0 atom stereocenters. The predicted molar refractivity (Wildman–Crippen MR) is 56.8 cm³/mol. The summed E-state index contributed by atoms with van der Waals surface area (Å²) in [5.74, 6) is 0. The molecule has 10 heavy (non-hydrogen) atoms. The summed E-state index contributed by atoms with van der Waals surface area (Å²) in [6, 6.07) is 0. The summed E-state index contributed by atoms with van der Waals surface area (Å²) in [5.41, 5.74) is 0. The molecule has 0 amide bonds. The van der Waals surface area contributed by atoms with Gasteiger partial charge in [0.05, 0.1) is 13.2 Å². The summed E-state index contributed by atoms with van der Waals surface area (Å²) in [5, 5.41) is 3.16. The summed E-state index contributed by atoms with van der Waals surface area (Å²) in [6.45, 7) is 3.83. The van der Waals surface area contributed by atoms with E-state index in [0.717, 1.165) is 26.3 Å². The minimum atomic E-state index is 0. The summed E-state index contributed by atoms with van der Waals surface area (Å²) < 4.78 is 5.01. The average molecular weight is 553 g/mol. The molecule has 68 valence electrons. The van der Waals surface area contributed by atoms with Crippen molar-refractivity contribution in [3.05, 3.63) is 0 Å². The Kier molecular flexibility index (Phi) is 19.8. The molecule has 4 N–H and O–H groups in total. The van der Waals surface area contributed by atoms with Crippen LogP contribution in [0.1, 0.15) is 0 Å². The van der Waals surface area contributed by atoms with Gasteiger partial charge in [-0.3, -0.25) is 0 Å². The molecule has 3 nitrogen and oxygen atoms in total. The van der Waals surface area contributed by atoms with E-state index < -0.39 is 0 Å². The Morgan fingerprint density at radius 1 is 1.20 bits per heavy atom. The van der Waals surface area contributed by atoms with Crippen LogP contribution in [0, 0.1) is 0 Å². The molecule has 0 aliphatic carbocycles. The fourth-order valence-corrected chi connectivity index (χ4v) is 0.516. The molecule has 1 heterocycles. The fourth-order valence-electron chi connectivity index (χ4n) is 0.516. The van der Waals surface area contributed by atoms with Crippen molar-refractivity contribution in [2.24, 2.45) is 0 Å². The van der Waals surface area contributed by atoms with Gasteiger partial charge in [-0.05, 0) is 0 Å². The van der Waals surface area contributed by atoms with Gasteiger partial charge in [0.25, 0.3) is 0 Å². The van der Waals surface area contributed by atoms with E-state index in [0.29, 0.717) is 11.2 Å². The molecule has 6 heteroatoms. The monoisotopic (exact) mass is 553 g/mol. The molecule has 1 rings (SSSR count). The Morgan fingerprint density at radius 2 is 1.60 bits per heavy atom. The van der Waals surface area contributed by atoms with E-state index in [1.807, 2.05) is 0 Å². The number of rotatable bonds is 0. The van der Waals surface area contributed by atoms with Crippen molar-refractivity contribution in [3.8, 4) is 0 Å². The van der Waals surface area contributed by atoms with Crippen molar-refractivity contribution in [2.45, 2.75) is 0 Å². The summed E-state index contributed by atoms with van der Waals surface area (Å²) in [6.07, 6.45) is 0. The predicted octanol–water partition coefficient (Wildman–Crippen LogP) is 1.54. The summed E-state index contributed by atoms with van der Waals surface area (Å²) >= 11 is 5.30. The van der Waals surface area contributed by atoms with Crippen LogP contribution in [0.2, 0.25) is 0 Å². The van der Waals surface area contributed by atoms with Gasteiger partial charge in [0.2, 0.25) is 0 Å². The van der Waals surface area contributed by atoms with Crippen LogP contribution in [0.3, 0.4) is 0 Å². The van der Waals surface area contributed by atoms with Crippen LogP contribution in [-0.2, 0) is 15.9 Å². The molecule has 1 aliphatic rings. The van der Waals surface area contributed by atoms with Gasteiger partial charge in [-0.2, -0.15) is 0 Å². The van der Waals surface area contributed by atoms with Crippen molar-refractivity contribution in [1.82, 2.24) is 11.5 Å². The number of halogens is 2. The zero-order chi connectivity index (χ0) is 6.95. The maximum absolute atomic E-state index is 5.01. The number of nitrogens with one attached hydrogen (secondary N) is 1. The Hall–Kier alpha value is 2.03. The van der Waals surface area contributed by atoms with Crippen molar-refractivity contribution in [3.63, 3.8) is 0 Å². The number of hydrogen-bond acceptors (Lipinski definition) is 3. The standard InChI is InChI=1S/C4H9NO.2HI.H3N.Pt/c1-3-6-4-2-5-1;;;;/h5H,1-4H2;2*1H;1H3;/q;;;;+2/p-2. The molecule has 0 saturated carbocycles. The van der Waals surface area contributed by atoms with Crippen molar-refractivity contribution in [2.75, 3.05) is 26.3 Å². The van der Waals surface area contributed by atoms with Crippen LogP contribution in [0.25, 0.3) is 0 Å². The fraction of sp³-hybridized carbons (Fsp3) is 1.00. The van der Waals surface area contributed by atoms with E-state index in [9.17, 15) is 0 Å². The van der Waals surface area contributed by atoms with Gasteiger partial charge >= 0.3 is 49.9 Å². The Labute approximate surface area is 91.2 Å². The van der Waals surface area contributed by atoms with Gasteiger partial charge in [0.15, 0.2) is 0 Å². The van der Waals surface area contributed by atoms with Crippen LogP contribution in [-0.4, -0.2) is 26.3 Å². The maximum atomic E-state index is 5.01. The van der Waals surface area contributed by atoms with Crippen LogP contribution in [0.5, 0.6) is 0 Å². The number of hydrogen-bond donors (Lipinski definition) is 2. The zero-order valence-corrected chi connectivity index (χ0v) is 12.1. The molecule has 0 aromatic heterocycles. The third kappa shape index (κ3) is 12.7. The molecular weight excluding hydrogens is 541 g/mol. The first-order valence-electron chi connectivity index (χ1n) is 2.52. The molecule has 1 saturated heterocycles. The molecule has 0 aromatic carbocycles. The molecule has 0 aromatic rings. The second-order valence-electron chi connectivity index (χ2n) is 1.41. The van der Waals surface area contributed by atoms with Crippen LogP contribution in [0.15, 0.2) is 0 Å². The topological polar surface area (TPSA) is 56.3 Å². The third-order valence-electron chi connectivity index (χ3n) is 0.846. The second-order valence-corrected chi connectivity index (χ2v) is 18.0. The zero-order valence-electron chi connectivity index (χ0n) is 5.52. The Morgan fingerprint density at radius 3 is 1.70 bits per heavy atom. The van der Waals surface area contributed by atoms with Crippen LogP contribution >= 0.6 is 38.7 Å². The molecule has 0 spiro atoms. The van der Waals surface area contributed by atoms with E-state index in [2.05, 4.69) is 44.0 Å². The average Bonchev–Trinajstić information content (AvgIpc) is 1.93. The third-order valence-corrected chi connectivity index (χ3v) is 0.846. The minimum absolute atomic E-state index is 0. The normalized spacial score (nSPS) is 16.6. The number of ether oxygens (including phenoxy) is 1. The molecule has 0 unspecified atom stereocenters. The first-order chi connectivity index (χ1) is 4.41. The summed E-state index contributed by atoms with van der Waals surface area (Å²) in [7, 11) is 0. The molecule has 0 bridgehead atoms. The number of morpholine rings is 1. The Bertz CT molecular complexity index is 45.0. The van der Waals surface area contributed by atoms with E-state index in [-0.39, 0.29) is 6.15 Å². The molecule has 1 aliphatic heterocycles. The van der Waals surface area contributed by atoms with Gasteiger partial charge in [0, 0.05) is 13.1 Å².